The highest BCUT2D eigenvalue weighted by molar-refractivity contribution is 5.86. The van der Waals surface area contributed by atoms with Crippen LogP contribution in [-0.4, -0.2) is 60.4 Å². The molecule has 0 radical (unpaired) electrons. The minimum absolute atomic E-state index is 0.0159. The van der Waals surface area contributed by atoms with E-state index in [1.54, 1.807) is 0 Å². The third-order valence-electron chi connectivity index (χ3n) is 5.56. The summed E-state index contributed by atoms with van der Waals surface area (Å²) in [6.45, 7) is 2.46. The van der Waals surface area contributed by atoms with Crippen LogP contribution in [0.1, 0.15) is 31.2 Å². The second-order valence-electron chi connectivity index (χ2n) is 7.34. The zero-order chi connectivity index (χ0) is 18.6. The van der Waals surface area contributed by atoms with Gasteiger partial charge in [0.25, 0.3) is 0 Å². The van der Waals surface area contributed by atoms with E-state index in [0.717, 1.165) is 31.5 Å². The Labute approximate surface area is 154 Å². The number of ether oxygens (including phenoxy) is 2. The molecule has 2 aliphatic rings. The summed E-state index contributed by atoms with van der Waals surface area (Å²) in [6, 6.07) is 9.60. The highest BCUT2D eigenvalue weighted by Gasteiger charge is 2.43. The van der Waals surface area contributed by atoms with Crippen LogP contribution in [0.15, 0.2) is 30.3 Å². The van der Waals surface area contributed by atoms with Crippen LogP contribution in [0.3, 0.4) is 0 Å². The van der Waals surface area contributed by atoms with E-state index in [1.165, 1.54) is 13.5 Å². The number of esters is 2. The van der Waals surface area contributed by atoms with E-state index in [1.807, 2.05) is 30.3 Å². The molecule has 0 unspecified atom stereocenters. The molecule has 0 saturated carbocycles. The molecule has 6 heteroatoms. The van der Waals surface area contributed by atoms with Crippen molar-refractivity contribution in [3.8, 4) is 0 Å². The molecule has 0 spiro atoms. The van der Waals surface area contributed by atoms with Gasteiger partial charge in [0.05, 0.1) is 20.1 Å². The van der Waals surface area contributed by atoms with Crippen LogP contribution in [0.4, 0.5) is 0 Å². The SMILES string of the molecule is COC(=O)C[C@](O)(Cc1ccccc1)C(=O)OC[C@@H]1CCN2CCC[C@H]12. The van der Waals surface area contributed by atoms with Crippen LogP contribution in [-0.2, 0) is 25.5 Å². The molecule has 1 aromatic rings. The summed E-state index contributed by atoms with van der Waals surface area (Å²) in [6.07, 6.45) is 2.93. The van der Waals surface area contributed by atoms with Crippen LogP contribution < -0.4 is 0 Å². The largest absolute Gasteiger partial charge is 0.469 e. The van der Waals surface area contributed by atoms with Gasteiger partial charge < -0.3 is 14.6 Å². The average molecular weight is 361 g/mol. The van der Waals surface area contributed by atoms with Crippen LogP contribution in [0.25, 0.3) is 0 Å². The van der Waals surface area contributed by atoms with Gasteiger partial charge in [-0.3, -0.25) is 9.69 Å². The van der Waals surface area contributed by atoms with E-state index in [0.29, 0.717) is 12.0 Å². The number of hydrogen-bond donors (Lipinski definition) is 1. The fourth-order valence-electron chi connectivity index (χ4n) is 4.15. The quantitative estimate of drug-likeness (QED) is 0.743. The van der Waals surface area contributed by atoms with Crippen LogP contribution in [0, 0.1) is 5.92 Å². The van der Waals surface area contributed by atoms with Gasteiger partial charge in [-0.2, -0.15) is 0 Å². The van der Waals surface area contributed by atoms with E-state index < -0.39 is 24.0 Å². The van der Waals surface area contributed by atoms with Gasteiger partial charge in [0, 0.05) is 18.4 Å². The summed E-state index contributed by atoms with van der Waals surface area (Å²) in [7, 11) is 1.24. The average Bonchev–Trinajstić information content (AvgIpc) is 3.24. The molecule has 3 atom stereocenters. The first-order valence-electron chi connectivity index (χ1n) is 9.26. The zero-order valence-electron chi connectivity index (χ0n) is 15.2. The van der Waals surface area contributed by atoms with Gasteiger partial charge in [0.15, 0.2) is 5.60 Å². The van der Waals surface area contributed by atoms with Crippen molar-refractivity contribution >= 4 is 11.9 Å². The van der Waals surface area contributed by atoms with E-state index in [2.05, 4.69) is 9.64 Å². The van der Waals surface area contributed by atoms with Crippen molar-refractivity contribution in [2.24, 2.45) is 5.92 Å². The van der Waals surface area contributed by atoms with Crippen molar-refractivity contribution in [2.45, 2.75) is 43.7 Å². The fraction of sp³-hybridized carbons (Fsp3) is 0.600. The van der Waals surface area contributed by atoms with Gasteiger partial charge in [-0.15, -0.1) is 0 Å². The summed E-state index contributed by atoms with van der Waals surface area (Å²) in [4.78, 5) is 26.9. The van der Waals surface area contributed by atoms with Gasteiger partial charge >= 0.3 is 11.9 Å². The lowest BCUT2D eigenvalue weighted by atomic mass is 9.91. The topological polar surface area (TPSA) is 76.1 Å². The molecule has 1 N–H and O–H groups in total. The number of hydrogen-bond acceptors (Lipinski definition) is 6. The van der Waals surface area contributed by atoms with Crippen LogP contribution >= 0.6 is 0 Å². The Bertz CT molecular complexity index is 634. The molecule has 2 heterocycles. The predicted molar refractivity (Wildman–Crippen MR) is 95.4 cm³/mol. The van der Waals surface area contributed by atoms with Crippen LogP contribution in [0.5, 0.6) is 0 Å². The first kappa shape index (κ1) is 18.9. The number of nitrogens with zero attached hydrogens (tertiary/aromatic N) is 1. The fourth-order valence-corrected chi connectivity index (χ4v) is 4.15. The second kappa shape index (κ2) is 8.18. The molecule has 0 bridgehead atoms. The Morgan fingerprint density at radius 1 is 1.23 bits per heavy atom. The molecule has 0 aliphatic carbocycles. The highest BCUT2D eigenvalue weighted by atomic mass is 16.6. The molecular weight excluding hydrogens is 334 g/mol. The van der Waals surface area contributed by atoms with Gasteiger partial charge in [-0.05, 0) is 37.9 Å². The molecule has 0 aromatic heterocycles. The number of benzene rings is 1. The van der Waals surface area contributed by atoms with Gasteiger partial charge in [0.1, 0.15) is 0 Å². The molecule has 26 heavy (non-hydrogen) atoms. The van der Waals surface area contributed by atoms with E-state index in [9.17, 15) is 14.7 Å². The maximum Gasteiger partial charge on any atom is 0.339 e. The molecule has 0 amide bonds. The second-order valence-corrected chi connectivity index (χ2v) is 7.34. The van der Waals surface area contributed by atoms with Gasteiger partial charge in [-0.25, -0.2) is 4.79 Å². The van der Waals surface area contributed by atoms with E-state index in [4.69, 9.17) is 4.74 Å². The lowest BCUT2D eigenvalue weighted by molar-refractivity contribution is -0.173. The molecule has 142 valence electrons. The van der Waals surface area contributed by atoms with Crippen molar-refractivity contribution in [2.75, 3.05) is 26.8 Å². The number of carbonyl (C=O) groups is 2. The monoisotopic (exact) mass is 361 g/mol. The minimum Gasteiger partial charge on any atom is -0.469 e. The Kier molecular flexibility index (Phi) is 5.94. The Hall–Kier alpha value is -1.92. The summed E-state index contributed by atoms with van der Waals surface area (Å²) in [5.41, 5.74) is -1.15. The van der Waals surface area contributed by atoms with E-state index >= 15 is 0 Å². The van der Waals surface area contributed by atoms with E-state index in [-0.39, 0.29) is 13.0 Å². The molecule has 2 aliphatic heterocycles. The molecule has 2 saturated heterocycles. The lowest BCUT2D eigenvalue weighted by Crippen LogP contribution is -2.45. The highest BCUT2D eigenvalue weighted by Crippen LogP contribution is 2.33. The third-order valence-corrected chi connectivity index (χ3v) is 5.56. The molecule has 6 nitrogen and oxygen atoms in total. The molecule has 1 aromatic carbocycles. The van der Waals surface area contributed by atoms with Gasteiger partial charge in [0.2, 0.25) is 0 Å². The Morgan fingerprint density at radius 2 is 2.00 bits per heavy atom. The number of aliphatic hydroxyl groups is 1. The lowest BCUT2D eigenvalue weighted by Gasteiger charge is -2.27. The summed E-state index contributed by atoms with van der Waals surface area (Å²) < 4.78 is 10.1. The smallest absolute Gasteiger partial charge is 0.339 e. The molecular formula is C20H27NO5. The predicted octanol–water partition coefficient (Wildman–Crippen LogP) is 1.55. The van der Waals surface area contributed by atoms with Crippen molar-refractivity contribution < 1.29 is 24.2 Å². The standard InChI is InChI=1S/C20H27NO5/c1-25-18(22)13-20(24,12-15-6-3-2-4-7-15)19(23)26-14-16-9-11-21-10-5-8-17(16)21/h2-4,6-7,16-17,24H,5,8-14H2,1H3/t16-,17+,20+/m0/s1. The Balaban J connectivity index is 1.65. The number of rotatable bonds is 7. The van der Waals surface area contributed by atoms with Crippen molar-refractivity contribution in [3.63, 3.8) is 0 Å². The first-order chi connectivity index (χ1) is 12.5. The normalized spacial score (nSPS) is 24.7. The third kappa shape index (κ3) is 4.24. The minimum atomic E-state index is -1.91. The molecule has 2 fully saturated rings. The molecule has 3 rings (SSSR count). The first-order valence-corrected chi connectivity index (χ1v) is 9.26. The van der Waals surface area contributed by atoms with Crippen molar-refractivity contribution in [1.29, 1.82) is 0 Å². The Morgan fingerprint density at radius 3 is 2.73 bits per heavy atom. The van der Waals surface area contributed by atoms with Crippen LogP contribution in [0.2, 0.25) is 0 Å². The van der Waals surface area contributed by atoms with Crippen molar-refractivity contribution in [3.05, 3.63) is 35.9 Å². The number of carbonyl (C=O) groups excluding carboxylic acids is 2. The van der Waals surface area contributed by atoms with Crippen molar-refractivity contribution in [1.82, 2.24) is 4.90 Å². The van der Waals surface area contributed by atoms with Gasteiger partial charge in [-0.1, -0.05) is 30.3 Å². The zero-order valence-corrected chi connectivity index (χ0v) is 15.2. The number of fused-ring (bicyclic) bond motifs is 1. The summed E-state index contributed by atoms with van der Waals surface area (Å²) >= 11 is 0. The maximum absolute atomic E-state index is 12.7. The number of methoxy groups -OCH3 is 1. The summed E-state index contributed by atoms with van der Waals surface area (Å²) in [5.74, 6) is -1.08. The maximum atomic E-state index is 12.7. The summed E-state index contributed by atoms with van der Waals surface area (Å²) in [5, 5.41) is 10.9.